The van der Waals surface area contributed by atoms with E-state index in [1.807, 2.05) is 31.2 Å². The summed E-state index contributed by atoms with van der Waals surface area (Å²) in [6, 6.07) is 7.82. The molecule has 0 radical (unpaired) electrons. The lowest BCUT2D eigenvalue weighted by atomic mass is 10.1. The van der Waals surface area contributed by atoms with Gasteiger partial charge < -0.3 is 9.84 Å². The molecule has 0 aliphatic carbocycles. The van der Waals surface area contributed by atoms with Crippen LogP contribution in [0.5, 0.6) is 0 Å². The molecular weight excluding hydrogens is 180 g/mol. The molecule has 0 aliphatic heterocycles. The van der Waals surface area contributed by atoms with Crippen molar-refractivity contribution in [1.29, 1.82) is 0 Å². The van der Waals surface area contributed by atoms with Crippen LogP contribution in [0.4, 0.5) is 0 Å². The Kier molecular flexibility index (Phi) is 3.65. The van der Waals surface area contributed by atoms with Crippen molar-refractivity contribution < 1.29 is 14.6 Å². The van der Waals surface area contributed by atoms with Gasteiger partial charge in [0.1, 0.15) is 0 Å². The molecule has 0 spiro atoms. The van der Waals surface area contributed by atoms with Crippen molar-refractivity contribution in [1.82, 2.24) is 0 Å². The van der Waals surface area contributed by atoms with Crippen LogP contribution in [0.2, 0.25) is 0 Å². The molecule has 0 saturated carbocycles. The molecule has 0 aromatic heterocycles. The van der Waals surface area contributed by atoms with Gasteiger partial charge in [-0.15, -0.1) is 0 Å². The van der Waals surface area contributed by atoms with E-state index in [9.17, 15) is 4.79 Å². The summed E-state index contributed by atoms with van der Waals surface area (Å²) in [5, 5.41) is 8.59. The number of rotatable bonds is 4. The Labute approximate surface area is 83.3 Å². The summed E-state index contributed by atoms with van der Waals surface area (Å²) in [6.07, 6.45) is -0.754. The average Bonchev–Trinajstić information content (AvgIpc) is 2.14. The van der Waals surface area contributed by atoms with Gasteiger partial charge in [-0.1, -0.05) is 29.8 Å². The molecule has 76 valence electrons. The Morgan fingerprint density at radius 3 is 2.86 bits per heavy atom. The summed E-state index contributed by atoms with van der Waals surface area (Å²) in [6.45, 7) is 3.86. The van der Waals surface area contributed by atoms with Crippen molar-refractivity contribution in [3.05, 3.63) is 35.4 Å². The first-order valence-corrected chi connectivity index (χ1v) is 4.49. The second kappa shape index (κ2) is 4.77. The van der Waals surface area contributed by atoms with Crippen LogP contribution in [0.1, 0.15) is 18.1 Å². The summed E-state index contributed by atoms with van der Waals surface area (Å²) < 4.78 is 5.14. The highest BCUT2D eigenvalue weighted by Gasteiger charge is 2.10. The number of hydrogen-bond acceptors (Lipinski definition) is 2. The molecule has 0 bridgehead atoms. The Morgan fingerprint density at radius 2 is 2.29 bits per heavy atom. The van der Waals surface area contributed by atoms with Gasteiger partial charge in [0.2, 0.25) is 0 Å². The fourth-order valence-corrected chi connectivity index (χ4v) is 1.09. The van der Waals surface area contributed by atoms with Crippen LogP contribution in [0.3, 0.4) is 0 Å². The lowest BCUT2D eigenvalue weighted by molar-refractivity contribution is -0.149. The monoisotopic (exact) mass is 194 g/mol. The average molecular weight is 194 g/mol. The molecule has 1 rings (SSSR count). The summed E-state index contributed by atoms with van der Waals surface area (Å²) in [5.74, 6) is -0.933. The van der Waals surface area contributed by atoms with Crippen molar-refractivity contribution in [2.45, 2.75) is 26.6 Å². The van der Waals surface area contributed by atoms with Crippen LogP contribution < -0.4 is 0 Å². The molecule has 1 atom stereocenters. The van der Waals surface area contributed by atoms with E-state index < -0.39 is 12.1 Å². The Bertz CT molecular complexity index is 320. The molecule has 3 nitrogen and oxygen atoms in total. The van der Waals surface area contributed by atoms with Gasteiger partial charge in [0, 0.05) is 0 Å². The SMILES string of the molecule is Cc1cccc(CO[C@H](C)C(=O)O)c1. The molecule has 0 heterocycles. The molecule has 0 unspecified atom stereocenters. The van der Waals surface area contributed by atoms with E-state index in [1.165, 1.54) is 6.92 Å². The minimum Gasteiger partial charge on any atom is -0.479 e. The molecule has 3 heteroatoms. The molecule has 0 aliphatic rings. The van der Waals surface area contributed by atoms with Crippen LogP contribution in [0, 0.1) is 6.92 Å². The maximum atomic E-state index is 10.5. The number of ether oxygens (including phenoxy) is 1. The highest BCUT2D eigenvalue weighted by atomic mass is 16.5. The van der Waals surface area contributed by atoms with Gasteiger partial charge in [-0.05, 0) is 19.4 Å². The third-order valence-electron chi connectivity index (χ3n) is 1.93. The lowest BCUT2D eigenvalue weighted by Gasteiger charge is -2.08. The number of carboxylic acids is 1. The summed E-state index contributed by atoms with van der Waals surface area (Å²) >= 11 is 0. The highest BCUT2D eigenvalue weighted by Crippen LogP contribution is 2.06. The topological polar surface area (TPSA) is 46.5 Å². The molecule has 1 N–H and O–H groups in total. The zero-order valence-corrected chi connectivity index (χ0v) is 8.36. The van der Waals surface area contributed by atoms with Crippen molar-refractivity contribution >= 4 is 5.97 Å². The second-order valence-electron chi connectivity index (χ2n) is 3.28. The normalized spacial score (nSPS) is 12.4. The summed E-state index contributed by atoms with van der Waals surface area (Å²) in [7, 11) is 0. The Hall–Kier alpha value is -1.35. The number of benzene rings is 1. The number of hydrogen-bond donors (Lipinski definition) is 1. The van der Waals surface area contributed by atoms with E-state index in [4.69, 9.17) is 9.84 Å². The lowest BCUT2D eigenvalue weighted by Crippen LogP contribution is -2.19. The molecule has 1 aromatic carbocycles. The van der Waals surface area contributed by atoms with Crippen LogP contribution in [-0.4, -0.2) is 17.2 Å². The smallest absolute Gasteiger partial charge is 0.332 e. The summed E-state index contributed by atoms with van der Waals surface area (Å²) in [4.78, 5) is 10.5. The quantitative estimate of drug-likeness (QED) is 0.797. The van der Waals surface area contributed by atoms with Crippen LogP contribution >= 0.6 is 0 Å². The van der Waals surface area contributed by atoms with Gasteiger partial charge >= 0.3 is 5.97 Å². The standard InChI is InChI=1S/C11H14O3/c1-8-4-3-5-10(6-8)7-14-9(2)11(12)13/h3-6,9H,7H2,1-2H3,(H,12,13)/t9-/m1/s1. The van der Waals surface area contributed by atoms with Crippen molar-refractivity contribution in [2.75, 3.05) is 0 Å². The zero-order chi connectivity index (χ0) is 10.6. The first kappa shape index (κ1) is 10.7. The molecule has 0 saturated heterocycles. The first-order valence-electron chi connectivity index (χ1n) is 4.49. The van der Waals surface area contributed by atoms with E-state index >= 15 is 0 Å². The minimum atomic E-state index is -0.933. The molecule has 0 amide bonds. The van der Waals surface area contributed by atoms with Gasteiger partial charge in [0.25, 0.3) is 0 Å². The van der Waals surface area contributed by atoms with E-state index in [0.717, 1.165) is 11.1 Å². The molecule has 1 aromatic rings. The fourth-order valence-electron chi connectivity index (χ4n) is 1.09. The molecule has 0 fully saturated rings. The van der Waals surface area contributed by atoms with Crippen LogP contribution in [0.25, 0.3) is 0 Å². The molecule has 14 heavy (non-hydrogen) atoms. The van der Waals surface area contributed by atoms with Crippen molar-refractivity contribution in [2.24, 2.45) is 0 Å². The number of aliphatic carboxylic acids is 1. The largest absolute Gasteiger partial charge is 0.479 e. The maximum Gasteiger partial charge on any atom is 0.332 e. The number of aryl methyl sites for hydroxylation is 1. The fraction of sp³-hybridized carbons (Fsp3) is 0.364. The second-order valence-corrected chi connectivity index (χ2v) is 3.28. The van der Waals surface area contributed by atoms with E-state index in [2.05, 4.69) is 0 Å². The third-order valence-corrected chi connectivity index (χ3v) is 1.93. The Morgan fingerprint density at radius 1 is 1.57 bits per heavy atom. The molecular formula is C11H14O3. The Balaban J connectivity index is 2.49. The highest BCUT2D eigenvalue weighted by molar-refractivity contribution is 5.71. The predicted molar refractivity (Wildman–Crippen MR) is 53.1 cm³/mol. The van der Waals surface area contributed by atoms with Crippen LogP contribution in [0.15, 0.2) is 24.3 Å². The van der Waals surface area contributed by atoms with Gasteiger partial charge in [0.05, 0.1) is 6.61 Å². The van der Waals surface area contributed by atoms with E-state index in [1.54, 1.807) is 0 Å². The van der Waals surface area contributed by atoms with Gasteiger partial charge in [-0.3, -0.25) is 0 Å². The van der Waals surface area contributed by atoms with Crippen molar-refractivity contribution in [3.63, 3.8) is 0 Å². The van der Waals surface area contributed by atoms with Crippen LogP contribution in [-0.2, 0) is 16.1 Å². The van der Waals surface area contributed by atoms with E-state index in [-0.39, 0.29) is 0 Å². The van der Waals surface area contributed by atoms with E-state index in [0.29, 0.717) is 6.61 Å². The zero-order valence-electron chi connectivity index (χ0n) is 8.36. The van der Waals surface area contributed by atoms with Gasteiger partial charge in [-0.25, -0.2) is 4.79 Å². The predicted octanol–water partition coefficient (Wildman–Crippen LogP) is 1.98. The number of carboxylic acid groups (broad SMARTS) is 1. The number of carbonyl (C=O) groups is 1. The van der Waals surface area contributed by atoms with Crippen molar-refractivity contribution in [3.8, 4) is 0 Å². The maximum absolute atomic E-state index is 10.5. The van der Waals surface area contributed by atoms with Gasteiger partial charge in [0.15, 0.2) is 6.10 Å². The minimum absolute atomic E-state index is 0.342. The summed E-state index contributed by atoms with van der Waals surface area (Å²) in [5.41, 5.74) is 2.15. The third kappa shape index (κ3) is 3.18. The first-order chi connectivity index (χ1) is 6.59. The van der Waals surface area contributed by atoms with Gasteiger partial charge in [-0.2, -0.15) is 0 Å².